The fourth-order valence-corrected chi connectivity index (χ4v) is 1.55. The Balaban J connectivity index is 2.53. The predicted molar refractivity (Wildman–Crippen MR) is 56.7 cm³/mol. The lowest BCUT2D eigenvalue weighted by atomic mass is 10.2. The summed E-state index contributed by atoms with van der Waals surface area (Å²) in [6, 6.07) is 1.84. The van der Waals surface area contributed by atoms with E-state index in [4.69, 9.17) is 5.73 Å². The summed E-state index contributed by atoms with van der Waals surface area (Å²) in [5.74, 6) is -4.88. The van der Waals surface area contributed by atoms with Crippen LogP contribution in [0.15, 0.2) is 24.5 Å². The molecule has 7 heteroatoms. The van der Waals surface area contributed by atoms with Crippen molar-refractivity contribution in [2.45, 2.75) is 6.54 Å². The van der Waals surface area contributed by atoms with Crippen LogP contribution >= 0.6 is 0 Å². The maximum Gasteiger partial charge on any atom is 0.237 e. The zero-order valence-corrected chi connectivity index (χ0v) is 9.03. The number of nitrogens with two attached hydrogens (primary N) is 1. The van der Waals surface area contributed by atoms with E-state index >= 15 is 0 Å². The van der Waals surface area contributed by atoms with Crippen LogP contribution in [0.5, 0.6) is 0 Å². The van der Waals surface area contributed by atoms with Crippen LogP contribution in [0.4, 0.5) is 13.2 Å². The third kappa shape index (κ3) is 2.06. The van der Waals surface area contributed by atoms with Gasteiger partial charge in [-0.2, -0.15) is 0 Å². The van der Waals surface area contributed by atoms with Gasteiger partial charge in [0.25, 0.3) is 0 Å². The topological polar surface area (TPSA) is 60.9 Å². The first-order chi connectivity index (χ1) is 8.50. The molecule has 2 N–H and O–H groups in total. The second-order valence-corrected chi connectivity index (χ2v) is 3.57. The van der Waals surface area contributed by atoms with Crippen LogP contribution in [0.1, 0.15) is 0 Å². The van der Waals surface area contributed by atoms with Gasteiger partial charge in [0, 0.05) is 12.4 Å². The summed E-state index contributed by atoms with van der Waals surface area (Å²) < 4.78 is 40.7. The number of halogens is 3. The summed E-state index contributed by atoms with van der Waals surface area (Å²) in [5.41, 5.74) is 4.77. The number of imidazole rings is 1. The first-order valence-electron chi connectivity index (χ1n) is 4.94. The highest BCUT2D eigenvalue weighted by molar-refractivity contribution is 5.74. The van der Waals surface area contributed by atoms with Crippen LogP contribution in [-0.4, -0.2) is 15.5 Å². The molecule has 2 rings (SSSR count). The number of benzene rings is 1. The summed E-state index contributed by atoms with van der Waals surface area (Å²) in [4.78, 5) is 14.6. The molecule has 1 heterocycles. The highest BCUT2D eigenvalue weighted by Gasteiger charge is 2.18. The van der Waals surface area contributed by atoms with E-state index in [2.05, 4.69) is 4.98 Å². The Morgan fingerprint density at radius 3 is 2.67 bits per heavy atom. The van der Waals surface area contributed by atoms with Crippen LogP contribution in [0, 0.1) is 17.5 Å². The van der Waals surface area contributed by atoms with E-state index in [0.717, 1.165) is 12.1 Å². The van der Waals surface area contributed by atoms with Crippen LogP contribution in [0.2, 0.25) is 0 Å². The SMILES string of the molecule is NC(=O)Cn1ccnc1-c1ccc(F)c(F)c1F. The van der Waals surface area contributed by atoms with E-state index in [0.29, 0.717) is 0 Å². The van der Waals surface area contributed by atoms with E-state index in [1.165, 1.54) is 17.0 Å². The minimum Gasteiger partial charge on any atom is -0.368 e. The highest BCUT2D eigenvalue weighted by atomic mass is 19.2. The normalized spacial score (nSPS) is 10.6. The second kappa shape index (κ2) is 4.52. The maximum atomic E-state index is 13.6. The summed E-state index contributed by atoms with van der Waals surface area (Å²) in [5, 5.41) is 0. The Bertz CT molecular complexity index is 610. The molecule has 0 bridgehead atoms. The molecule has 0 aliphatic carbocycles. The number of primary amides is 1. The van der Waals surface area contributed by atoms with Crippen molar-refractivity contribution in [1.82, 2.24) is 9.55 Å². The van der Waals surface area contributed by atoms with Gasteiger partial charge in [0.15, 0.2) is 17.5 Å². The summed E-state index contributed by atoms with van der Waals surface area (Å²) in [6.45, 7) is -0.228. The fourth-order valence-electron chi connectivity index (χ4n) is 1.55. The predicted octanol–water partition coefficient (Wildman–Crippen LogP) is 1.45. The first kappa shape index (κ1) is 12.2. The average molecular weight is 255 g/mol. The Hall–Kier alpha value is -2.31. The molecule has 0 aliphatic heterocycles. The molecule has 94 valence electrons. The fraction of sp³-hybridized carbons (Fsp3) is 0.0909. The minimum atomic E-state index is -1.58. The number of nitrogens with zero attached hydrogens (tertiary/aromatic N) is 2. The van der Waals surface area contributed by atoms with Gasteiger partial charge in [-0.05, 0) is 12.1 Å². The van der Waals surface area contributed by atoms with Crippen molar-refractivity contribution < 1.29 is 18.0 Å². The Kier molecular flexibility index (Phi) is 3.05. The molecule has 0 saturated heterocycles. The number of rotatable bonds is 3. The molecule has 0 radical (unpaired) electrons. The number of carbonyl (C=O) groups is 1. The molecule has 0 spiro atoms. The quantitative estimate of drug-likeness (QED) is 0.844. The molecule has 0 fully saturated rings. The lowest BCUT2D eigenvalue weighted by Gasteiger charge is -2.07. The number of carbonyl (C=O) groups excluding carboxylic acids is 1. The third-order valence-electron chi connectivity index (χ3n) is 2.32. The first-order valence-corrected chi connectivity index (χ1v) is 4.94. The van der Waals surface area contributed by atoms with Crippen molar-refractivity contribution in [3.8, 4) is 11.4 Å². The second-order valence-electron chi connectivity index (χ2n) is 3.57. The molecule has 0 unspecified atom stereocenters. The van der Waals surface area contributed by atoms with Crippen LogP contribution in [0.3, 0.4) is 0 Å². The van der Waals surface area contributed by atoms with Gasteiger partial charge in [-0.3, -0.25) is 4.79 Å². The van der Waals surface area contributed by atoms with Crippen molar-refractivity contribution in [2.75, 3.05) is 0 Å². The summed E-state index contributed by atoms with van der Waals surface area (Å²) >= 11 is 0. The highest BCUT2D eigenvalue weighted by Crippen LogP contribution is 2.24. The van der Waals surface area contributed by atoms with E-state index in [9.17, 15) is 18.0 Å². The molecule has 1 aromatic carbocycles. The van der Waals surface area contributed by atoms with Gasteiger partial charge in [-0.25, -0.2) is 18.2 Å². The van der Waals surface area contributed by atoms with Gasteiger partial charge in [0.05, 0.1) is 5.56 Å². The van der Waals surface area contributed by atoms with Gasteiger partial charge in [-0.15, -0.1) is 0 Å². The van der Waals surface area contributed by atoms with E-state index in [1.807, 2.05) is 0 Å². The van der Waals surface area contributed by atoms with Crippen molar-refractivity contribution >= 4 is 5.91 Å². The number of amides is 1. The monoisotopic (exact) mass is 255 g/mol. The molecule has 2 aromatic rings. The maximum absolute atomic E-state index is 13.6. The average Bonchev–Trinajstić information content (AvgIpc) is 2.73. The molecular weight excluding hydrogens is 247 g/mol. The summed E-state index contributed by atoms with van der Waals surface area (Å²) in [6.07, 6.45) is 2.69. The standard InChI is InChI=1S/C11H8F3N3O/c12-7-2-1-6(9(13)10(7)14)11-16-3-4-17(11)5-8(15)18/h1-4H,5H2,(H2,15,18). The Morgan fingerprint density at radius 1 is 1.28 bits per heavy atom. The molecule has 1 aromatic heterocycles. The van der Waals surface area contributed by atoms with E-state index in [-0.39, 0.29) is 17.9 Å². The van der Waals surface area contributed by atoms with Crippen molar-refractivity contribution in [3.05, 3.63) is 42.0 Å². The van der Waals surface area contributed by atoms with Gasteiger partial charge < -0.3 is 10.3 Å². The molecule has 18 heavy (non-hydrogen) atoms. The number of aromatic nitrogens is 2. The summed E-state index contributed by atoms with van der Waals surface area (Å²) in [7, 11) is 0. The van der Waals surface area contributed by atoms with E-state index in [1.54, 1.807) is 0 Å². The lowest BCUT2D eigenvalue weighted by molar-refractivity contribution is -0.118. The number of hydrogen-bond donors (Lipinski definition) is 1. The minimum absolute atomic E-state index is 0.00481. The van der Waals surface area contributed by atoms with Crippen LogP contribution < -0.4 is 5.73 Å². The third-order valence-corrected chi connectivity index (χ3v) is 2.32. The van der Waals surface area contributed by atoms with Crippen LogP contribution in [0.25, 0.3) is 11.4 Å². The van der Waals surface area contributed by atoms with Crippen LogP contribution in [-0.2, 0) is 11.3 Å². The lowest BCUT2D eigenvalue weighted by Crippen LogP contribution is -2.19. The molecule has 1 amide bonds. The molecule has 0 atom stereocenters. The largest absolute Gasteiger partial charge is 0.368 e. The molecular formula is C11H8F3N3O. The van der Waals surface area contributed by atoms with E-state index < -0.39 is 23.4 Å². The van der Waals surface area contributed by atoms with Crippen molar-refractivity contribution in [3.63, 3.8) is 0 Å². The zero-order chi connectivity index (χ0) is 13.3. The molecule has 4 nitrogen and oxygen atoms in total. The van der Waals surface area contributed by atoms with Crippen molar-refractivity contribution in [2.24, 2.45) is 5.73 Å². The number of hydrogen-bond acceptors (Lipinski definition) is 2. The smallest absolute Gasteiger partial charge is 0.237 e. The molecule has 0 aliphatic rings. The zero-order valence-electron chi connectivity index (χ0n) is 9.03. The Labute approximate surface area is 99.9 Å². The van der Waals surface area contributed by atoms with Crippen molar-refractivity contribution in [1.29, 1.82) is 0 Å². The van der Waals surface area contributed by atoms with Gasteiger partial charge in [-0.1, -0.05) is 0 Å². The van der Waals surface area contributed by atoms with Gasteiger partial charge in [0.1, 0.15) is 12.4 Å². The Morgan fingerprint density at radius 2 is 2.00 bits per heavy atom. The van der Waals surface area contributed by atoms with Gasteiger partial charge >= 0.3 is 0 Å². The molecule has 0 saturated carbocycles. The van der Waals surface area contributed by atoms with Gasteiger partial charge in [0.2, 0.25) is 5.91 Å².